The third kappa shape index (κ3) is 5.67. The van der Waals surface area contributed by atoms with Crippen LogP contribution in [0, 0.1) is 0 Å². The van der Waals surface area contributed by atoms with Gasteiger partial charge in [0.05, 0.1) is 5.25 Å². The van der Waals surface area contributed by atoms with Gasteiger partial charge in [0, 0.05) is 12.2 Å². The normalized spacial score (nSPS) is 11.4. The van der Waals surface area contributed by atoms with E-state index in [4.69, 9.17) is 0 Å². The Morgan fingerprint density at radius 2 is 2.08 bits per heavy atom. The van der Waals surface area contributed by atoms with Crippen molar-refractivity contribution in [1.29, 1.82) is 0 Å². The summed E-state index contributed by atoms with van der Waals surface area (Å²) in [6, 6.07) is 8.34. The molecule has 0 radical (unpaired) electrons. The summed E-state index contributed by atoms with van der Waals surface area (Å²) in [4.78, 5) is 23.9. The van der Waals surface area contributed by atoms with Crippen molar-refractivity contribution in [2.75, 3.05) is 17.2 Å². The van der Waals surface area contributed by atoms with E-state index < -0.39 is 17.2 Å². The summed E-state index contributed by atoms with van der Waals surface area (Å²) >= 11 is 2.58. The zero-order valence-electron chi connectivity index (χ0n) is 13.0. The molecule has 0 aliphatic rings. The number of urea groups is 1. The van der Waals surface area contributed by atoms with Gasteiger partial charge in [0.2, 0.25) is 11.0 Å². The summed E-state index contributed by atoms with van der Waals surface area (Å²) < 4.78 is 0.646. The van der Waals surface area contributed by atoms with Gasteiger partial charge >= 0.3 is 6.03 Å². The molecule has 0 bridgehead atoms. The molecule has 3 amide bonds. The van der Waals surface area contributed by atoms with Gasteiger partial charge in [-0.05, 0) is 19.1 Å². The van der Waals surface area contributed by atoms with Crippen molar-refractivity contribution in [3.05, 3.63) is 43.0 Å². The number of carbonyl (C=O) groups is 2. The molecule has 0 unspecified atom stereocenters. The number of imide groups is 1. The number of hydrogen-bond donors (Lipinski definition) is 3. The van der Waals surface area contributed by atoms with Gasteiger partial charge in [-0.25, -0.2) is 4.79 Å². The number of para-hydroxylation sites is 1. The van der Waals surface area contributed by atoms with E-state index in [0.717, 1.165) is 0 Å². The molecule has 0 spiro atoms. The largest absolute Gasteiger partial charge is 0.357 e. The number of amides is 3. The van der Waals surface area contributed by atoms with Crippen LogP contribution in [0.25, 0.3) is 0 Å². The lowest BCUT2D eigenvalue weighted by atomic mass is 10.3. The molecule has 0 saturated carbocycles. The smallest absolute Gasteiger partial charge is 0.325 e. The van der Waals surface area contributed by atoms with E-state index in [1.807, 2.05) is 6.07 Å². The highest BCUT2D eigenvalue weighted by Gasteiger charge is 2.19. The second-order valence-corrected chi connectivity index (χ2v) is 7.18. The van der Waals surface area contributed by atoms with E-state index in [9.17, 15) is 9.59 Å². The van der Waals surface area contributed by atoms with E-state index >= 15 is 0 Å². The van der Waals surface area contributed by atoms with Crippen LogP contribution in [-0.4, -0.2) is 33.9 Å². The Morgan fingerprint density at radius 3 is 2.79 bits per heavy atom. The third-order valence-corrected chi connectivity index (χ3v) is 4.78. The molecule has 0 saturated heterocycles. The minimum Gasteiger partial charge on any atom is -0.357 e. The van der Waals surface area contributed by atoms with Gasteiger partial charge in [-0.3, -0.25) is 10.1 Å². The lowest BCUT2D eigenvalue weighted by Crippen LogP contribution is -2.38. The molecule has 0 aliphatic heterocycles. The summed E-state index contributed by atoms with van der Waals surface area (Å²) in [5.74, 6) is -0.399. The van der Waals surface area contributed by atoms with Crippen LogP contribution in [0.4, 0.5) is 15.6 Å². The molecule has 3 N–H and O–H groups in total. The average molecular weight is 363 g/mol. The summed E-state index contributed by atoms with van der Waals surface area (Å²) in [6.07, 6.45) is 1.72. The van der Waals surface area contributed by atoms with E-state index in [0.29, 0.717) is 21.7 Å². The fraction of sp³-hybridized carbons (Fsp3) is 0.200. The van der Waals surface area contributed by atoms with Gasteiger partial charge in [0.15, 0.2) is 4.34 Å². The highest BCUT2D eigenvalue weighted by molar-refractivity contribution is 8.02. The summed E-state index contributed by atoms with van der Waals surface area (Å²) in [5.41, 5.74) is 0.616. The molecule has 1 aromatic heterocycles. The summed E-state index contributed by atoms with van der Waals surface area (Å²) in [7, 11) is 0. The van der Waals surface area contributed by atoms with Gasteiger partial charge in [0.25, 0.3) is 0 Å². The van der Waals surface area contributed by atoms with Crippen LogP contribution in [0.1, 0.15) is 6.92 Å². The van der Waals surface area contributed by atoms with Gasteiger partial charge in [-0.2, -0.15) is 0 Å². The molecule has 2 aromatic rings. The lowest BCUT2D eigenvalue weighted by molar-refractivity contribution is -0.119. The van der Waals surface area contributed by atoms with Crippen molar-refractivity contribution in [1.82, 2.24) is 15.5 Å². The van der Waals surface area contributed by atoms with Crippen molar-refractivity contribution < 1.29 is 9.59 Å². The minimum atomic E-state index is -0.566. The number of benzene rings is 1. The summed E-state index contributed by atoms with van der Waals surface area (Å²) in [6.45, 7) is 5.90. The first-order chi connectivity index (χ1) is 11.6. The van der Waals surface area contributed by atoms with Gasteiger partial charge in [-0.15, -0.1) is 16.8 Å². The molecular formula is C15H17N5O2S2. The Morgan fingerprint density at radius 1 is 1.33 bits per heavy atom. The first kappa shape index (κ1) is 18.0. The van der Waals surface area contributed by atoms with Crippen molar-refractivity contribution in [2.45, 2.75) is 16.5 Å². The molecule has 9 heteroatoms. The lowest BCUT2D eigenvalue weighted by Gasteiger charge is -2.10. The minimum absolute atomic E-state index is 0.399. The second kappa shape index (κ2) is 9.04. The molecule has 2 rings (SSSR count). The quantitative estimate of drug-likeness (QED) is 0.517. The number of aromatic nitrogens is 2. The van der Waals surface area contributed by atoms with Crippen molar-refractivity contribution in [3.63, 3.8) is 0 Å². The summed E-state index contributed by atoms with van der Waals surface area (Å²) in [5, 5.41) is 16.1. The molecular weight excluding hydrogens is 346 g/mol. The van der Waals surface area contributed by atoms with Gasteiger partial charge in [-0.1, -0.05) is 47.4 Å². The van der Waals surface area contributed by atoms with Crippen molar-refractivity contribution in [3.8, 4) is 0 Å². The zero-order valence-corrected chi connectivity index (χ0v) is 14.6. The van der Waals surface area contributed by atoms with E-state index in [1.165, 1.54) is 23.1 Å². The average Bonchev–Trinajstić information content (AvgIpc) is 3.01. The molecule has 7 nitrogen and oxygen atoms in total. The molecule has 0 fully saturated rings. The number of rotatable bonds is 7. The highest BCUT2D eigenvalue weighted by Crippen LogP contribution is 2.28. The first-order valence-electron chi connectivity index (χ1n) is 7.10. The Balaban J connectivity index is 1.82. The number of nitrogens with one attached hydrogen (secondary N) is 3. The SMILES string of the molecule is C=CCNc1nnc(S[C@@H](C)C(=O)NC(=O)Nc2ccccc2)s1. The van der Waals surface area contributed by atoms with Crippen LogP contribution in [0.15, 0.2) is 47.3 Å². The maximum absolute atomic E-state index is 12.1. The Labute approximate surface area is 147 Å². The van der Waals surface area contributed by atoms with Crippen LogP contribution in [0.2, 0.25) is 0 Å². The fourth-order valence-corrected chi connectivity index (χ4v) is 3.49. The van der Waals surface area contributed by atoms with Crippen molar-refractivity contribution >= 4 is 45.9 Å². The fourth-order valence-electron chi connectivity index (χ4n) is 1.59. The number of anilines is 2. The standard InChI is InChI=1S/C15H17N5O2S2/c1-3-9-16-14-19-20-15(24-14)23-10(2)12(21)18-13(22)17-11-7-5-4-6-8-11/h3-8,10H,1,9H2,2H3,(H,16,19)(H2,17,18,21,22)/t10-/m0/s1. The molecule has 0 aliphatic carbocycles. The van der Waals surface area contributed by atoms with Gasteiger partial charge in [0.1, 0.15) is 0 Å². The molecule has 1 atom stereocenters. The molecule has 1 heterocycles. The Bertz CT molecular complexity index is 705. The first-order valence-corrected chi connectivity index (χ1v) is 8.80. The predicted molar refractivity (Wildman–Crippen MR) is 97.5 cm³/mol. The van der Waals surface area contributed by atoms with Gasteiger partial charge < -0.3 is 10.6 Å². The van der Waals surface area contributed by atoms with Crippen LogP contribution >= 0.6 is 23.1 Å². The van der Waals surface area contributed by atoms with E-state index in [1.54, 1.807) is 37.3 Å². The van der Waals surface area contributed by atoms with E-state index in [-0.39, 0.29) is 0 Å². The predicted octanol–water partition coefficient (Wildman–Crippen LogP) is 2.96. The van der Waals surface area contributed by atoms with Crippen molar-refractivity contribution in [2.24, 2.45) is 0 Å². The maximum atomic E-state index is 12.1. The number of nitrogens with zero attached hydrogens (tertiary/aromatic N) is 2. The third-order valence-electron chi connectivity index (χ3n) is 2.72. The molecule has 126 valence electrons. The zero-order chi connectivity index (χ0) is 17.4. The number of hydrogen-bond acceptors (Lipinski definition) is 7. The Hall–Kier alpha value is -2.39. The number of carbonyl (C=O) groups excluding carboxylic acids is 2. The second-order valence-electron chi connectivity index (χ2n) is 4.61. The monoisotopic (exact) mass is 363 g/mol. The van der Waals surface area contributed by atoms with Crippen LogP contribution in [0.3, 0.4) is 0 Å². The van der Waals surface area contributed by atoms with Crippen LogP contribution < -0.4 is 16.0 Å². The highest BCUT2D eigenvalue weighted by atomic mass is 32.2. The molecule has 24 heavy (non-hydrogen) atoms. The van der Waals surface area contributed by atoms with E-state index in [2.05, 4.69) is 32.7 Å². The topological polar surface area (TPSA) is 96.0 Å². The van der Waals surface area contributed by atoms with Crippen LogP contribution in [0.5, 0.6) is 0 Å². The van der Waals surface area contributed by atoms with Crippen LogP contribution in [-0.2, 0) is 4.79 Å². The number of thioether (sulfide) groups is 1. The maximum Gasteiger partial charge on any atom is 0.325 e. The Kier molecular flexibility index (Phi) is 6.76. The molecule has 1 aromatic carbocycles.